The maximum absolute atomic E-state index is 12.3. The van der Waals surface area contributed by atoms with Crippen LogP contribution in [0.5, 0.6) is 0 Å². The molecule has 4 heterocycles. The third-order valence-corrected chi connectivity index (χ3v) is 15.8. The Morgan fingerprint density at radius 2 is 0.671 bits per heavy atom. The molecule has 6 heteroatoms. The quantitative estimate of drug-likeness (QED) is 0.177. The van der Waals surface area contributed by atoms with Crippen LogP contribution in [-0.4, -0.2) is 13.7 Å². The summed E-state index contributed by atoms with van der Waals surface area (Å²) in [5.41, 5.74) is 10.1. The molecule has 4 aromatic heterocycles. The van der Waals surface area contributed by atoms with Crippen LogP contribution in [0.4, 0.5) is 0 Å². The average Bonchev–Trinajstić information content (AvgIpc) is 4.15. The fraction of sp³-hybridized carbons (Fsp3) is 0. The predicted molar refractivity (Wildman–Crippen MR) is 292 cm³/mol. The summed E-state index contributed by atoms with van der Waals surface area (Å²) in [5, 5.41) is 37.8. The van der Waals surface area contributed by atoms with Crippen LogP contribution in [0.25, 0.3) is 135 Å². The van der Waals surface area contributed by atoms with Crippen molar-refractivity contribution < 1.29 is 0 Å². The van der Waals surface area contributed by atoms with Gasteiger partial charge < -0.3 is 13.7 Å². The molecule has 5 nitrogen and oxygen atoms in total. The van der Waals surface area contributed by atoms with Gasteiger partial charge in [-0.3, -0.25) is 0 Å². The third kappa shape index (κ3) is 5.23. The molecular formula is C64H35N5S. The summed E-state index contributed by atoms with van der Waals surface area (Å²) in [6, 6.07) is 80.9. The third-order valence-electron chi connectivity index (χ3n) is 14.6. The minimum absolute atomic E-state index is 0.402. The largest absolute Gasteiger partial charge is 0.307 e. The molecule has 0 radical (unpaired) electrons. The van der Waals surface area contributed by atoms with Gasteiger partial charge in [-0.1, -0.05) is 146 Å². The van der Waals surface area contributed by atoms with Gasteiger partial charge in [-0.2, -0.15) is 10.5 Å². The van der Waals surface area contributed by atoms with E-state index in [9.17, 15) is 10.5 Å². The highest BCUT2D eigenvalue weighted by molar-refractivity contribution is 7.25. The van der Waals surface area contributed by atoms with E-state index >= 15 is 0 Å². The molecule has 11 aromatic carbocycles. The lowest BCUT2D eigenvalue weighted by atomic mass is 9.90. The van der Waals surface area contributed by atoms with Crippen LogP contribution in [0.1, 0.15) is 11.1 Å². The average molecular weight is 906 g/mol. The van der Waals surface area contributed by atoms with E-state index in [0.717, 1.165) is 103 Å². The SMILES string of the molecule is N#Cc1c(-n2c3ccccc3c3ccccc32)c(C#N)c(-n2c3ccccc3c3cc4ccccc4cc32)c(-c2ccc3sc4ccccc4c3c2)c1-n1c2ccccc2c2cc3ccccc3cc21. The van der Waals surface area contributed by atoms with E-state index in [1.165, 1.54) is 14.8 Å². The molecule has 15 aromatic rings. The Bertz CT molecular complexity index is 4620. The summed E-state index contributed by atoms with van der Waals surface area (Å²) in [6.07, 6.45) is 0. The maximum atomic E-state index is 12.3. The second-order valence-electron chi connectivity index (χ2n) is 18.2. The Kier molecular flexibility index (Phi) is 8.01. The van der Waals surface area contributed by atoms with Gasteiger partial charge in [-0.05, 0) is 93.8 Å². The van der Waals surface area contributed by atoms with Crippen molar-refractivity contribution in [2.24, 2.45) is 0 Å². The molecule has 0 bridgehead atoms. The van der Waals surface area contributed by atoms with E-state index in [1.807, 2.05) is 12.1 Å². The Morgan fingerprint density at radius 3 is 1.14 bits per heavy atom. The molecule has 0 aliphatic carbocycles. The van der Waals surface area contributed by atoms with Crippen molar-refractivity contribution >= 4 is 118 Å². The van der Waals surface area contributed by atoms with Gasteiger partial charge in [0.2, 0.25) is 0 Å². The van der Waals surface area contributed by atoms with Crippen molar-refractivity contribution in [2.45, 2.75) is 0 Å². The first-order valence-electron chi connectivity index (χ1n) is 23.5. The standard InChI is InChI=1S/C64H35N5S/c65-36-51-62(67-53-24-10-5-19-43(53)44-20-6-11-25-54(44)67)52(37-66)64(69-56-27-13-8-22-46(56)49-32-39-16-2-4-18-41(39)35-58(49)69)61(42-29-30-60-50(33-42)47-23-9-14-28-59(47)70-60)63(51)68-55-26-12-7-21-45(55)48-31-38-15-1-3-17-40(38)34-57(48)68/h1-35H. The monoisotopic (exact) mass is 905 g/mol. The van der Waals surface area contributed by atoms with Crippen LogP contribution >= 0.6 is 11.3 Å². The van der Waals surface area contributed by atoms with E-state index in [1.54, 1.807) is 11.3 Å². The van der Waals surface area contributed by atoms with Gasteiger partial charge in [-0.25, -0.2) is 0 Å². The number of hydrogen-bond donors (Lipinski definition) is 0. The normalized spacial score (nSPS) is 12.0. The lowest BCUT2D eigenvalue weighted by Gasteiger charge is -2.26. The lowest BCUT2D eigenvalue weighted by Crippen LogP contribution is -2.14. The van der Waals surface area contributed by atoms with Gasteiger partial charge in [0, 0.05) is 58.1 Å². The summed E-state index contributed by atoms with van der Waals surface area (Å²) >= 11 is 1.78. The molecule has 322 valence electrons. The fourth-order valence-corrected chi connectivity index (χ4v) is 12.8. The van der Waals surface area contributed by atoms with Gasteiger partial charge in [0.15, 0.2) is 0 Å². The lowest BCUT2D eigenvalue weighted by molar-refractivity contribution is 1.08. The van der Waals surface area contributed by atoms with Crippen molar-refractivity contribution in [3.63, 3.8) is 0 Å². The number of nitriles is 2. The first kappa shape index (κ1) is 38.6. The van der Waals surface area contributed by atoms with E-state index < -0.39 is 0 Å². The van der Waals surface area contributed by atoms with Gasteiger partial charge in [-0.15, -0.1) is 11.3 Å². The molecule has 0 amide bonds. The highest BCUT2D eigenvalue weighted by Gasteiger charge is 2.33. The molecule has 70 heavy (non-hydrogen) atoms. The number of hydrogen-bond acceptors (Lipinski definition) is 3. The van der Waals surface area contributed by atoms with Crippen LogP contribution in [0.3, 0.4) is 0 Å². The van der Waals surface area contributed by atoms with Gasteiger partial charge in [0.25, 0.3) is 0 Å². The van der Waals surface area contributed by atoms with Crippen molar-refractivity contribution in [1.82, 2.24) is 13.7 Å². The summed E-state index contributed by atoms with van der Waals surface area (Å²) in [7, 11) is 0. The van der Waals surface area contributed by atoms with E-state index in [0.29, 0.717) is 28.2 Å². The topological polar surface area (TPSA) is 62.4 Å². The number of para-hydroxylation sites is 4. The summed E-state index contributed by atoms with van der Waals surface area (Å²) in [4.78, 5) is 0. The predicted octanol–water partition coefficient (Wildman–Crippen LogP) is 17.1. The number of fused-ring (bicyclic) bond motifs is 14. The Hall–Kier alpha value is -9.46. The molecule has 0 aliphatic rings. The van der Waals surface area contributed by atoms with Crippen LogP contribution in [0.15, 0.2) is 212 Å². The molecule has 0 unspecified atom stereocenters. The number of aromatic nitrogens is 3. The van der Waals surface area contributed by atoms with Crippen LogP contribution < -0.4 is 0 Å². The van der Waals surface area contributed by atoms with E-state index in [-0.39, 0.29) is 0 Å². The second-order valence-corrected chi connectivity index (χ2v) is 19.3. The molecular weight excluding hydrogens is 871 g/mol. The first-order valence-corrected chi connectivity index (χ1v) is 24.3. The number of benzene rings is 11. The Morgan fingerprint density at radius 1 is 0.300 bits per heavy atom. The zero-order chi connectivity index (χ0) is 46.2. The Labute approximate surface area is 404 Å². The van der Waals surface area contributed by atoms with Crippen LogP contribution in [0, 0.1) is 22.7 Å². The van der Waals surface area contributed by atoms with E-state index in [2.05, 4.69) is 226 Å². The smallest absolute Gasteiger partial charge is 0.104 e. The van der Waals surface area contributed by atoms with Gasteiger partial charge >= 0.3 is 0 Å². The zero-order valence-corrected chi connectivity index (χ0v) is 38.2. The summed E-state index contributed by atoms with van der Waals surface area (Å²) in [5.74, 6) is 0. The van der Waals surface area contributed by atoms with Crippen molar-refractivity contribution in [1.29, 1.82) is 10.5 Å². The number of rotatable bonds is 4. The summed E-state index contributed by atoms with van der Waals surface area (Å²) < 4.78 is 9.21. The second kappa shape index (κ2) is 14.5. The minimum atomic E-state index is 0.402. The molecule has 0 spiro atoms. The van der Waals surface area contributed by atoms with Crippen LogP contribution in [0.2, 0.25) is 0 Å². The summed E-state index contributed by atoms with van der Waals surface area (Å²) in [6.45, 7) is 0. The van der Waals surface area contributed by atoms with Crippen molar-refractivity contribution in [3.05, 3.63) is 223 Å². The highest BCUT2D eigenvalue weighted by Crippen LogP contribution is 2.50. The first-order chi connectivity index (χ1) is 34.7. The van der Waals surface area contributed by atoms with Crippen molar-refractivity contribution in [2.75, 3.05) is 0 Å². The van der Waals surface area contributed by atoms with E-state index in [4.69, 9.17) is 0 Å². The van der Waals surface area contributed by atoms with Gasteiger partial charge in [0.1, 0.15) is 23.3 Å². The van der Waals surface area contributed by atoms with Crippen LogP contribution in [-0.2, 0) is 0 Å². The molecule has 0 saturated heterocycles. The molecule has 0 saturated carbocycles. The number of thiophene rings is 1. The van der Waals surface area contributed by atoms with Gasteiger partial charge in [0.05, 0.1) is 50.2 Å². The molecule has 0 N–H and O–H groups in total. The fourth-order valence-electron chi connectivity index (χ4n) is 11.7. The molecule has 0 atom stereocenters. The maximum Gasteiger partial charge on any atom is 0.104 e. The molecule has 15 rings (SSSR count). The van der Waals surface area contributed by atoms with Crippen molar-refractivity contribution in [3.8, 4) is 40.3 Å². The Balaban J connectivity index is 1.26. The highest BCUT2D eigenvalue weighted by atomic mass is 32.1. The molecule has 0 aliphatic heterocycles. The zero-order valence-electron chi connectivity index (χ0n) is 37.4. The minimum Gasteiger partial charge on any atom is -0.307 e. The number of nitrogens with zero attached hydrogens (tertiary/aromatic N) is 5. The molecule has 0 fully saturated rings.